The van der Waals surface area contributed by atoms with Gasteiger partial charge in [0.15, 0.2) is 0 Å². The Labute approximate surface area is 102 Å². The SMILES string of the molecule is CCn1ncnc1CC(COCCOC)NC. The summed E-state index contributed by atoms with van der Waals surface area (Å²) in [6.07, 6.45) is 2.41. The lowest BCUT2D eigenvalue weighted by Gasteiger charge is -2.16. The maximum absolute atomic E-state index is 5.50. The van der Waals surface area contributed by atoms with E-state index in [9.17, 15) is 0 Å². The molecule has 0 aromatic carbocycles. The van der Waals surface area contributed by atoms with Crippen molar-refractivity contribution in [2.24, 2.45) is 0 Å². The molecule has 98 valence electrons. The van der Waals surface area contributed by atoms with Gasteiger partial charge >= 0.3 is 0 Å². The standard InChI is InChI=1S/C11H22N4O2/c1-4-15-11(13-9-14-15)7-10(12-2)8-17-6-5-16-3/h9-10,12H,4-8H2,1-3H3. The summed E-state index contributed by atoms with van der Waals surface area (Å²) < 4.78 is 12.3. The highest BCUT2D eigenvalue weighted by Crippen LogP contribution is 2.00. The van der Waals surface area contributed by atoms with Crippen molar-refractivity contribution < 1.29 is 9.47 Å². The van der Waals surface area contributed by atoms with Crippen LogP contribution in [0.3, 0.4) is 0 Å². The fourth-order valence-corrected chi connectivity index (χ4v) is 1.54. The first kappa shape index (κ1) is 14.1. The number of hydrogen-bond donors (Lipinski definition) is 1. The number of nitrogens with zero attached hydrogens (tertiary/aromatic N) is 3. The summed E-state index contributed by atoms with van der Waals surface area (Å²) in [7, 11) is 3.60. The van der Waals surface area contributed by atoms with E-state index in [4.69, 9.17) is 9.47 Å². The van der Waals surface area contributed by atoms with E-state index in [0.29, 0.717) is 19.8 Å². The van der Waals surface area contributed by atoms with Crippen molar-refractivity contribution >= 4 is 0 Å². The number of aromatic nitrogens is 3. The van der Waals surface area contributed by atoms with Crippen molar-refractivity contribution in [3.8, 4) is 0 Å². The van der Waals surface area contributed by atoms with E-state index in [-0.39, 0.29) is 6.04 Å². The van der Waals surface area contributed by atoms with E-state index in [2.05, 4.69) is 22.3 Å². The van der Waals surface area contributed by atoms with Crippen LogP contribution in [0.2, 0.25) is 0 Å². The molecule has 0 aliphatic heterocycles. The summed E-state index contributed by atoms with van der Waals surface area (Å²) in [4.78, 5) is 4.25. The Kier molecular flexibility index (Phi) is 6.76. The average Bonchev–Trinajstić information content (AvgIpc) is 2.80. The molecular formula is C11H22N4O2. The molecule has 0 bridgehead atoms. The highest BCUT2D eigenvalue weighted by atomic mass is 16.5. The Hall–Kier alpha value is -0.980. The molecule has 0 aliphatic carbocycles. The molecule has 0 aliphatic rings. The van der Waals surface area contributed by atoms with Crippen molar-refractivity contribution in [3.63, 3.8) is 0 Å². The van der Waals surface area contributed by atoms with Gasteiger partial charge in [0, 0.05) is 26.1 Å². The molecule has 1 rings (SSSR count). The van der Waals surface area contributed by atoms with Gasteiger partial charge in [-0.3, -0.25) is 4.68 Å². The van der Waals surface area contributed by atoms with Crippen molar-refractivity contribution in [3.05, 3.63) is 12.2 Å². The third-order valence-electron chi connectivity index (χ3n) is 2.58. The molecule has 1 atom stereocenters. The minimum atomic E-state index is 0.251. The Balaban J connectivity index is 2.35. The molecule has 0 spiro atoms. The molecule has 0 radical (unpaired) electrons. The van der Waals surface area contributed by atoms with Crippen LogP contribution in [0.25, 0.3) is 0 Å². The summed E-state index contributed by atoms with van der Waals surface area (Å²) >= 11 is 0. The Bertz CT molecular complexity index is 303. The predicted octanol–water partition coefficient (Wildman–Crippen LogP) is 0.0915. The highest BCUT2D eigenvalue weighted by molar-refractivity contribution is 4.89. The van der Waals surface area contributed by atoms with Gasteiger partial charge < -0.3 is 14.8 Å². The van der Waals surface area contributed by atoms with Crippen LogP contribution in [0.4, 0.5) is 0 Å². The second kappa shape index (κ2) is 8.16. The third kappa shape index (κ3) is 4.80. The molecule has 1 unspecified atom stereocenters. The monoisotopic (exact) mass is 242 g/mol. The van der Waals surface area contributed by atoms with E-state index in [1.165, 1.54) is 0 Å². The van der Waals surface area contributed by atoms with Gasteiger partial charge in [0.2, 0.25) is 0 Å². The molecule has 6 nitrogen and oxygen atoms in total. The third-order valence-corrected chi connectivity index (χ3v) is 2.58. The number of nitrogens with one attached hydrogen (secondary N) is 1. The van der Waals surface area contributed by atoms with Gasteiger partial charge in [-0.05, 0) is 14.0 Å². The maximum atomic E-state index is 5.50. The van der Waals surface area contributed by atoms with Crippen LogP contribution in [0.15, 0.2) is 6.33 Å². The van der Waals surface area contributed by atoms with E-state index in [1.54, 1.807) is 13.4 Å². The van der Waals surface area contributed by atoms with Crippen LogP contribution in [-0.2, 0) is 22.4 Å². The average molecular weight is 242 g/mol. The van der Waals surface area contributed by atoms with Gasteiger partial charge in [-0.1, -0.05) is 0 Å². The van der Waals surface area contributed by atoms with Crippen molar-refractivity contribution in [1.29, 1.82) is 0 Å². The molecule has 17 heavy (non-hydrogen) atoms. The van der Waals surface area contributed by atoms with Gasteiger partial charge in [-0.25, -0.2) is 4.98 Å². The van der Waals surface area contributed by atoms with E-state index in [0.717, 1.165) is 18.8 Å². The van der Waals surface area contributed by atoms with Gasteiger partial charge in [0.1, 0.15) is 12.2 Å². The number of methoxy groups -OCH3 is 1. The van der Waals surface area contributed by atoms with Gasteiger partial charge in [0.05, 0.1) is 19.8 Å². The zero-order chi connectivity index (χ0) is 12.5. The minimum Gasteiger partial charge on any atom is -0.382 e. The topological polar surface area (TPSA) is 61.2 Å². The van der Waals surface area contributed by atoms with Crippen LogP contribution in [0.5, 0.6) is 0 Å². The first-order valence-electron chi connectivity index (χ1n) is 5.92. The van der Waals surface area contributed by atoms with Gasteiger partial charge in [-0.2, -0.15) is 5.10 Å². The molecule has 0 amide bonds. The minimum absolute atomic E-state index is 0.251. The van der Waals surface area contributed by atoms with Gasteiger partial charge in [-0.15, -0.1) is 0 Å². The summed E-state index contributed by atoms with van der Waals surface area (Å²) in [5, 5.41) is 7.37. The Morgan fingerprint density at radius 3 is 2.94 bits per heavy atom. The van der Waals surface area contributed by atoms with Crippen LogP contribution >= 0.6 is 0 Å². The summed E-state index contributed by atoms with van der Waals surface area (Å²) in [6.45, 7) is 4.80. The zero-order valence-corrected chi connectivity index (χ0v) is 10.8. The molecule has 1 aromatic rings. The maximum Gasteiger partial charge on any atom is 0.138 e. The predicted molar refractivity (Wildman–Crippen MR) is 64.9 cm³/mol. The van der Waals surface area contributed by atoms with E-state index >= 15 is 0 Å². The first-order chi connectivity index (χ1) is 8.31. The molecule has 0 saturated heterocycles. The highest BCUT2D eigenvalue weighted by Gasteiger charge is 2.11. The lowest BCUT2D eigenvalue weighted by molar-refractivity contribution is 0.0594. The number of aryl methyl sites for hydroxylation is 1. The Morgan fingerprint density at radius 1 is 1.47 bits per heavy atom. The summed E-state index contributed by atoms with van der Waals surface area (Å²) in [5.41, 5.74) is 0. The molecule has 1 N–H and O–H groups in total. The van der Waals surface area contributed by atoms with Crippen LogP contribution < -0.4 is 5.32 Å². The smallest absolute Gasteiger partial charge is 0.138 e. The molecule has 1 heterocycles. The van der Waals surface area contributed by atoms with Gasteiger partial charge in [0.25, 0.3) is 0 Å². The van der Waals surface area contributed by atoms with Crippen molar-refractivity contribution in [1.82, 2.24) is 20.1 Å². The van der Waals surface area contributed by atoms with Crippen LogP contribution in [-0.4, -0.2) is 54.8 Å². The summed E-state index contributed by atoms with van der Waals surface area (Å²) in [5.74, 6) is 0.988. The van der Waals surface area contributed by atoms with E-state index < -0.39 is 0 Å². The lowest BCUT2D eigenvalue weighted by Crippen LogP contribution is -2.34. The largest absolute Gasteiger partial charge is 0.382 e. The van der Waals surface area contributed by atoms with Crippen molar-refractivity contribution in [2.45, 2.75) is 25.9 Å². The number of ether oxygens (including phenoxy) is 2. The number of likely N-dealkylation sites (N-methyl/N-ethyl adjacent to an activating group) is 1. The van der Waals surface area contributed by atoms with Crippen molar-refractivity contribution in [2.75, 3.05) is 34.0 Å². The first-order valence-corrected chi connectivity index (χ1v) is 5.92. The number of hydrogen-bond acceptors (Lipinski definition) is 5. The Morgan fingerprint density at radius 2 is 2.29 bits per heavy atom. The molecular weight excluding hydrogens is 220 g/mol. The lowest BCUT2D eigenvalue weighted by atomic mass is 10.2. The second-order valence-electron chi connectivity index (χ2n) is 3.75. The molecule has 0 saturated carbocycles. The number of rotatable bonds is 9. The van der Waals surface area contributed by atoms with Crippen LogP contribution in [0.1, 0.15) is 12.7 Å². The second-order valence-corrected chi connectivity index (χ2v) is 3.75. The zero-order valence-electron chi connectivity index (χ0n) is 10.8. The fraction of sp³-hybridized carbons (Fsp3) is 0.818. The normalized spacial score (nSPS) is 12.9. The fourth-order valence-electron chi connectivity index (χ4n) is 1.54. The summed E-state index contributed by atoms with van der Waals surface area (Å²) in [6, 6.07) is 0.251. The quantitative estimate of drug-likeness (QED) is 0.622. The van der Waals surface area contributed by atoms with Crippen LogP contribution in [0, 0.1) is 0 Å². The molecule has 0 fully saturated rings. The van der Waals surface area contributed by atoms with E-state index in [1.807, 2.05) is 11.7 Å². The molecule has 6 heteroatoms. The molecule has 1 aromatic heterocycles.